The number of aliphatic carboxylic acids is 1. The van der Waals surface area contributed by atoms with E-state index in [9.17, 15) is 4.79 Å². The molecule has 1 saturated heterocycles. The van der Waals surface area contributed by atoms with Gasteiger partial charge in [0.2, 0.25) is 0 Å². The summed E-state index contributed by atoms with van der Waals surface area (Å²) in [5, 5.41) is 8.72. The average molecular weight is 156 g/mol. The van der Waals surface area contributed by atoms with Gasteiger partial charge in [0, 0.05) is 5.92 Å². The quantitative estimate of drug-likeness (QED) is 0.613. The molecule has 2 aliphatic rings. The van der Waals surface area contributed by atoms with Crippen LogP contribution in [0.5, 0.6) is 0 Å². The van der Waals surface area contributed by atoms with Crippen LogP contribution in [0.2, 0.25) is 0 Å². The fourth-order valence-corrected chi connectivity index (χ4v) is 2.14. The highest BCUT2D eigenvalue weighted by Crippen LogP contribution is 2.53. The van der Waals surface area contributed by atoms with Crippen LogP contribution in [-0.4, -0.2) is 23.8 Å². The van der Waals surface area contributed by atoms with Crippen molar-refractivity contribution in [3.63, 3.8) is 0 Å². The smallest absolute Gasteiger partial charge is 0.333 e. The first kappa shape index (κ1) is 7.10. The highest BCUT2D eigenvalue weighted by Gasteiger charge is 2.55. The van der Waals surface area contributed by atoms with E-state index in [2.05, 4.69) is 6.92 Å². The Morgan fingerprint density at radius 2 is 2.45 bits per heavy atom. The van der Waals surface area contributed by atoms with Crippen LogP contribution in [0.25, 0.3) is 0 Å². The van der Waals surface area contributed by atoms with Crippen LogP contribution >= 0.6 is 0 Å². The van der Waals surface area contributed by atoms with Gasteiger partial charge in [0.25, 0.3) is 0 Å². The van der Waals surface area contributed by atoms with Gasteiger partial charge in [0.15, 0.2) is 6.10 Å². The second kappa shape index (κ2) is 1.97. The molecule has 3 heteroatoms. The van der Waals surface area contributed by atoms with E-state index in [4.69, 9.17) is 9.84 Å². The Kier molecular flexibility index (Phi) is 1.27. The number of carboxylic acids is 1. The Morgan fingerprint density at radius 1 is 1.73 bits per heavy atom. The molecule has 11 heavy (non-hydrogen) atoms. The molecular weight excluding hydrogens is 144 g/mol. The number of carboxylic acid groups (broad SMARTS) is 1. The summed E-state index contributed by atoms with van der Waals surface area (Å²) in [5.41, 5.74) is 0.184. The van der Waals surface area contributed by atoms with Gasteiger partial charge in [-0.05, 0) is 18.3 Å². The monoisotopic (exact) mass is 156 g/mol. The van der Waals surface area contributed by atoms with Gasteiger partial charge in [-0.15, -0.1) is 0 Å². The third-order valence-corrected chi connectivity index (χ3v) is 3.12. The Morgan fingerprint density at radius 3 is 2.73 bits per heavy atom. The van der Waals surface area contributed by atoms with E-state index < -0.39 is 12.1 Å². The van der Waals surface area contributed by atoms with Gasteiger partial charge in [-0.3, -0.25) is 0 Å². The number of ether oxygens (including phenoxy) is 1. The fourth-order valence-electron chi connectivity index (χ4n) is 2.14. The minimum Gasteiger partial charge on any atom is -0.479 e. The fraction of sp³-hybridized carbons (Fsp3) is 0.875. The molecule has 62 valence electrons. The summed E-state index contributed by atoms with van der Waals surface area (Å²) < 4.78 is 5.20. The number of hydrogen-bond donors (Lipinski definition) is 1. The molecule has 0 aromatic rings. The van der Waals surface area contributed by atoms with Crippen LogP contribution in [0.3, 0.4) is 0 Å². The van der Waals surface area contributed by atoms with Gasteiger partial charge < -0.3 is 9.84 Å². The van der Waals surface area contributed by atoms with E-state index in [0.717, 1.165) is 12.8 Å². The maximum absolute atomic E-state index is 10.6. The average Bonchev–Trinajstić information content (AvgIpc) is 2.12. The van der Waals surface area contributed by atoms with Gasteiger partial charge in [0.05, 0.1) is 6.61 Å². The van der Waals surface area contributed by atoms with E-state index >= 15 is 0 Å². The minimum atomic E-state index is -0.793. The molecule has 2 fully saturated rings. The van der Waals surface area contributed by atoms with Gasteiger partial charge >= 0.3 is 5.97 Å². The molecule has 1 aliphatic heterocycles. The molecule has 0 spiro atoms. The first-order valence-electron chi connectivity index (χ1n) is 3.98. The molecule has 3 unspecified atom stereocenters. The summed E-state index contributed by atoms with van der Waals surface area (Å²) in [6.45, 7) is 2.75. The van der Waals surface area contributed by atoms with Crippen LogP contribution in [-0.2, 0) is 9.53 Å². The summed E-state index contributed by atoms with van der Waals surface area (Å²) in [5.74, 6) is -0.515. The molecule has 0 radical (unpaired) electrons. The SMILES string of the molecule is CC12CCC1C(C(=O)O)OC2. The minimum absolute atomic E-state index is 0.184. The zero-order valence-corrected chi connectivity index (χ0v) is 6.54. The van der Waals surface area contributed by atoms with Crippen molar-refractivity contribution in [2.45, 2.75) is 25.9 Å². The van der Waals surface area contributed by atoms with Crippen molar-refractivity contribution >= 4 is 5.97 Å². The Labute approximate surface area is 65.4 Å². The van der Waals surface area contributed by atoms with Crippen molar-refractivity contribution < 1.29 is 14.6 Å². The highest BCUT2D eigenvalue weighted by atomic mass is 16.5. The Balaban J connectivity index is 2.13. The molecule has 1 N–H and O–H groups in total. The van der Waals surface area contributed by atoms with E-state index in [1.165, 1.54) is 0 Å². The number of rotatable bonds is 1. The van der Waals surface area contributed by atoms with E-state index in [1.54, 1.807) is 0 Å². The second-order valence-corrected chi connectivity index (χ2v) is 3.87. The van der Waals surface area contributed by atoms with Crippen molar-refractivity contribution in [3.8, 4) is 0 Å². The Hall–Kier alpha value is -0.570. The van der Waals surface area contributed by atoms with Crippen LogP contribution < -0.4 is 0 Å². The third-order valence-electron chi connectivity index (χ3n) is 3.12. The molecule has 3 atom stereocenters. The molecule has 2 rings (SSSR count). The topological polar surface area (TPSA) is 46.5 Å². The van der Waals surface area contributed by atoms with Crippen LogP contribution in [0.4, 0.5) is 0 Å². The highest BCUT2D eigenvalue weighted by molar-refractivity contribution is 5.73. The third kappa shape index (κ3) is 0.805. The molecule has 1 heterocycles. The van der Waals surface area contributed by atoms with Crippen molar-refractivity contribution in [1.82, 2.24) is 0 Å². The summed E-state index contributed by atoms with van der Waals surface area (Å²) in [7, 11) is 0. The molecule has 1 saturated carbocycles. The van der Waals surface area contributed by atoms with E-state index in [0.29, 0.717) is 6.61 Å². The Bertz CT molecular complexity index is 202. The molecule has 0 amide bonds. The van der Waals surface area contributed by atoms with Gasteiger partial charge in [0.1, 0.15) is 0 Å². The van der Waals surface area contributed by atoms with Crippen LogP contribution in [0.1, 0.15) is 19.8 Å². The van der Waals surface area contributed by atoms with E-state index in [1.807, 2.05) is 0 Å². The lowest BCUT2D eigenvalue weighted by molar-refractivity contribution is -0.150. The standard InChI is InChI=1S/C8H12O3/c1-8-3-2-5(8)6(7(9)10)11-4-8/h5-6H,2-4H2,1H3,(H,9,10). The first-order valence-corrected chi connectivity index (χ1v) is 3.98. The predicted molar refractivity (Wildman–Crippen MR) is 38.2 cm³/mol. The summed E-state index contributed by atoms with van der Waals surface area (Å²) in [6, 6.07) is 0. The molecular formula is C8H12O3. The van der Waals surface area contributed by atoms with Gasteiger partial charge in [-0.25, -0.2) is 4.79 Å². The molecule has 0 bridgehead atoms. The largest absolute Gasteiger partial charge is 0.479 e. The maximum atomic E-state index is 10.6. The van der Waals surface area contributed by atoms with Crippen LogP contribution in [0, 0.1) is 11.3 Å². The second-order valence-electron chi connectivity index (χ2n) is 3.87. The molecule has 0 aromatic heterocycles. The summed E-state index contributed by atoms with van der Waals surface area (Å²) >= 11 is 0. The van der Waals surface area contributed by atoms with E-state index in [-0.39, 0.29) is 11.3 Å². The number of hydrogen-bond acceptors (Lipinski definition) is 2. The summed E-state index contributed by atoms with van der Waals surface area (Å²) in [4.78, 5) is 10.6. The zero-order valence-electron chi connectivity index (χ0n) is 6.54. The number of fused-ring (bicyclic) bond motifs is 1. The van der Waals surface area contributed by atoms with Crippen LogP contribution in [0.15, 0.2) is 0 Å². The van der Waals surface area contributed by atoms with Gasteiger partial charge in [-0.1, -0.05) is 6.92 Å². The zero-order chi connectivity index (χ0) is 8.06. The normalized spacial score (nSPS) is 48.1. The molecule has 0 aromatic carbocycles. The lowest BCUT2D eigenvalue weighted by atomic mass is 9.61. The van der Waals surface area contributed by atoms with Crippen molar-refractivity contribution in [2.24, 2.45) is 11.3 Å². The maximum Gasteiger partial charge on any atom is 0.333 e. The predicted octanol–water partition coefficient (Wildman–Crippen LogP) is 0.886. The number of carbonyl (C=O) groups is 1. The molecule has 1 aliphatic carbocycles. The first-order chi connectivity index (χ1) is 5.13. The van der Waals surface area contributed by atoms with Crippen molar-refractivity contribution in [1.29, 1.82) is 0 Å². The van der Waals surface area contributed by atoms with Gasteiger partial charge in [-0.2, -0.15) is 0 Å². The van der Waals surface area contributed by atoms with Crippen molar-refractivity contribution in [3.05, 3.63) is 0 Å². The lowest BCUT2D eigenvalue weighted by Gasteiger charge is -2.40. The lowest BCUT2D eigenvalue weighted by Crippen LogP contribution is -2.41. The molecule has 3 nitrogen and oxygen atoms in total. The van der Waals surface area contributed by atoms with Crippen molar-refractivity contribution in [2.75, 3.05) is 6.61 Å². The summed E-state index contributed by atoms with van der Waals surface area (Å²) in [6.07, 6.45) is 1.63.